The number of benzene rings is 3. The third-order valence-corrected chi connectivity index (χ3v) is 5.39. The second-order valence-electron chi connectivity index (χ2n) is 7.35. The lowest BCUT2D eigenvalue weighted by Crippen LogP contribution is -2.17. The predicted octanol–water partition coefficient (Wildman–Crippen LogP) is 3.10. The number of H-pyrrole nitrogens is 1. The molecule has 3 N–H and O–H groups in total. The molecule has 0 bridgehead atoms. The number of nitrogens with two attached hydrogens (primary N) is 1. The van der Waals surface area contributed by atoms with Gasteiger partial charge in [0.25, 0.3) is 5.91 Å². The smallest absolute Gasteiger partial charge is 0.328 e. The molecule has 2 aromatic heterocycles. The normalized spacial score (nSPS) is 11.2. The van der Waals surface area contributed by atoms with Crippen LogP contribution in [0.25, 0.3) is 33.3 Å². The largest absolute Gasteiger partial charge is 0.497 e. The molecule has 0 saturated carbocycles. The molecule has 5 aromatic rings. The summed E-state index contributed by atoms with van der Waals surface area (Å²) in [5.41, 5.74) is 7.35. The van der Waals surface area contributed by atoms with Crippen LogP contribution in [0.5, 0.6) is 5.75 Å². The van der Waals surface area contributed by atoms with E-state index >= 15 is 0 Å². The Morgan fingerprint density at radius 3 is 2.53 bits per heavy atom. The second kappa shape index (κ2) is 7.66. The van der Waals surface area contributed by atoms with E-state index in [1.165, 1.54) is 4.57 Å². The van der Waals surface area contributed by atoms with Gasteiger partial charge in [-0.2, -0.15) is 0 Å². The van der Waals surface area contributed by atoms with Crippen molar-refractivity contribution in [3.63, 3.8) is 0 Å². The van der Waals surface area contributed by atoms with E-state index in [0.717, 1.165) is 27.6 Å². The fourth-order valence-electron chi connectivity index (χ4n) is 3.81. The van der Waals surface area contributed by atoms with Crippen LogP contribution in [-0.2, 0) is 6.54 Å². The van der Waals surface area contributed by atoms with E-state index in [0.29, 0.717) is 11.5 Å². The topological polar surface area (TPSA) is 116 Å². The number of hydrogen-bond acceptors (Lipinski definition) is 5. The van der Waals surface area contributed by atoms with Crippen molar-refractivity contribution in [2.45, 2.75) is 6.54 Å². The zero-order chi connectivity index (χ0) is 22.2. The number of nitrogens with one attached hydrogen (secondary N) is 1. The number of methoxy groups -OCH3 is 1. The summed E-state index contributed by atoms with van der Waals surface area (Å²) in [5.74, 6) is 0.305. The maximum Gasteiger partial charge on any atom is 0.328 e. The molecular weight excluding hydrogens is 406 g/mol. The van der Waals surface area contributed by atoms with Gasteiger partial charge in [-0.25, -0.2) is 14.8 Å². The Morgan fingerprint density at radius 2 is 1.78 bits per heavy atom. The number of carbonyl (C=O) groups is 1. The molecule has 1 amide bonds. The molecule has 0 radical (unpaired) electrons. The summed E-state index contributed by atoms with van der Waals surface area (Å²) < 4.78 is 6.67. The van der Waals surface area contributed by atoms with Gasteiger partial charge in [-0.15, -0.1) is 0 Å². The summed E-state index contributed by atoms with van der Waals surface area (Å²) in [4.78, 5) is 36.8. The number of carbonyl (C=O) groups excluding carboxylic acids is 1. The van der Waals surface area contributed by atoms with E-state index in [9.17, 15) is 9.59 Å². The number of fused-ring (bicyclic) bond motifs is 2. The highest BCUT2D eigenvalue weighted by Gasteiger charge is 2.20. The summed E-state index contributed by atoms with van der Waals surface area (Å²) in [7, 11) is 1.59. The Hall–Kier alpha value is -4.46. The number of ether oxygens (including phenoxy) is 1. The van der Waals surface area contributed by atoms with E-state index in [1.54, 1.807) is 7.11 Å². The molecule has 0 atom stereocenters. The van der Waals surface area contributed by atoms with Gasteiger partial charge < -0.3 is 15.5 Å². The molecule has 0 aliphatic rings. The lowest BCUT2D eigenvalue weighted by Gasteiger charge is -2.09. The van der Waals surface area contributed by atoms with Crippen LogP contribution in [0, 0.1) is 0 Å². The van der Waals surface area contributed by atoms with Gasteiger partial charge in [-0.05, 0) is 28.5 Å². The van der Waals surface area contributed by atoms with Crippen LogP contribution >= 0.6 is 0 Å². The Balaban J connectivity index is 1.73. The Kier molecular flexibility index (Phi) is 4.67. The van der Waals surface area contributed by atoms with Crippen molar-refractivity contribution in [1.29, 1.82) is 0 Å². The summed E-state index contributed by atoms with van der Waals surface area (Å²) >= 11 is 0. The fourth-order valence-corrected chi connectivity index (χ4v) is 3.81. The number of rotatable bonds is 5. The molecule has 0 saturated heterocycles. The minimum Gasteiger partial charge on any atom is -0.497 e. The molecule has 3 aromatic carbocycles. The molecule has 0 spiro atoms. The standard InChI is InChI=1S/C24H19N5O3/c1-32-16-11-9-14(10-12-16)13-29-23-20(27-24(29)31)19(21(25)30)26-22(28-23)18-8-4-6-15-5-2-3-7-17(15)18/h2-12H,13H2,1H3,(H2,25,30)(H,27,31). The predicted molar refractivity (Wildman–Crippen MR) is 122 cm³/mol. The molecule has 0 aliphatic carbocycles. The maximum absolute atomic E-state index is 12.8. The van der Waals surface area contributed by atoms with Crippen molar-refractivity contribution in [2.75, 3.05) is 7.11 Å². The number of aromatic amines is 1. The summed E-state index contributed by atoms with van der Waals surface area (Å²) in [5, 5.41) is 1.95. The molecule has 158 valence electrons. The highest BCUT2D eigenvalue weighted by Crippen LogP contribution is 2.28. The summed E-state index contributed by atoms with van der Waals surface area (Å²) in [6.07, 6.45) is 0. The van der Waals surface area contributed by atoms with Gasteiger partial charge in [0.2, 0.25) is 0 Å². The van der Waals surface area contributed by atoms with Gasteiger partial charge in [-0.3, -0.25) is 9.36 Å². The minimum atomic E-state index is -0.739. The van der Waals surface area contributed by atoms with Gasteiger partial charge in [0.05, 0.1) is 13.7 Å². The molecule has 0 unspecified atom stereocenters. The fraction of sp³-hybridized carbons (Fsp3) is 0.0833. The van der Waals surface area contributed by atoms with Crippen LogP contribution in [0.4, 0.5) is 0 Å². The lowest BCUT2D eigenvalue weighted by molar-refractivity contribution is 0.0997. The lowest BCUT2D eigenvalue weighted by atomic mass is 10.0. The Labute approximate surface area is 182 Å². The van der Waals surface area contributed by atoms with Crippen LogP contribution < -0.4 is 16.2 Å². The van der Waals surface area contributed by atoms with Crippen LogP contribution in [-0.4, -0.2) is 32.5 Å². The number of hydrogen-bond donors (Lipinski definition) is 2. The van der Waals surface area contributed by atoms with Crippen molar-refractivity contribution in [3.05, 3.63) is 88.5 Å². The highest BCUT2D eigenvalue weighted by atomic mass is 16.5. The van der Waals surface area contributed by atoms with Crippen molar-refractivity contribution < 1.29 is 9.53 Å². The molecule has 2 heterocycles. The van der Waals surface area contributed by atoms with Crippen LogP contribution in [0.2, 0.25) is 0 Å². The first-order valence-corrected chi connectivity index (χ1v) is 9.96. The van der Waals surface area contributed by atoms with E-state index in [-0.39, 0.29) is 17.8 Å². The van der Waals surface area contributed by atoms with E-state index < -0.39 is 11.6 Å². The SMILES string of the molecule is COc1ccc(Cn2c(=O)[nH]c3c(C(N)=O)nc(-c4cccc5ccccc45)nc32)cc1. The van der Waals surface area contributed by atoms with Gasteiger partial charge in [0, 0.05) is 5.56 Å². The number of imidazole rings is 1. The third kappa shape index (κ3) is 3.27. The van der Waals surface area contributed by atoms with Crippen LogP contribution in [0.1, 0.15) is 16.1 Å². The molecule has 8 nitrogen and oxygen atoms in total. The first-order valence-electron chi connectivity index (χ1n) is 9.96. The molecule has 8 heteroatoms. The third-order valence-electron chi connectivity index (χ3n) is 5.39. The summed E-state index contributed by atoms with van der Waals surface area (Å²) in [6.45, 7) is 0.257. The van der Waals surface area contributed by atoms with Crippen LogP contribution in [0.3, 0.4) is 0 Å². The average molecular weight is 425 g/mol. The quantitative estimate of drug-likeness (QED) is 0.449. The first kappa shape index (κ1) is 19.5. The molecular formula is C24H19N5O3. The van der Waals surface area contributed by atoms with Crippen molar-refractivity contribution in [1.82, 2.24) is 19.5 Å². The Morgan fingerprint density at radius 1 is 1.03 bits per heavy atom. The van der Waals surface area contributed by atoms with E-state index in [2.05, 4.69) is 15.0 Å². The van der Waals surface area contributed by atoms with Crippen LogP contribution in [0.15, 0.2) is 71.5 Å². The molecule has 5 rings (SSSR count). The maximum atomic E-state index is 12.8. The number of nitrogens with zero attached hydrogens (tertiary/aromatic N) is 3. The zero-order valence-corrected chi connectivity index (χ0v) is 17.2. The molecule has 0 fully saturated rings. The minimum absolute atomic E-state index is 0.0245. The number of amides is 1. The Bertz CT molecular complexity index is 1530. The monoisotopic (exact) mass is 425 g/mol. The van der Waals surface area contributed by atoms with Crippen molar-refractivity contribution in [3.8, 4) is 17.1 Å². The first-order chi connectivity index (χ1) is 15.5. The average Bonchev–Trinajstić information content (AvgIpc) is 3.13. The molecule has 0 aliphatic heterocycles. The highest BCUT2D eigenvalue weighted by molar-refractivity contribution is 6.03. The molecule has 32 heavy (non-hydrogen) atoms. The zero-order valence-electron chi connectivity index (χ0n) is 17.2. The van der Waals surface area contributed by atoms with Gasteiger partial charge in [-0.1, -0.05) is 54.6 Å². The van der Waals surface area contributed by atoms with E-state index in [4.69, 9.17) is 10.5 Å². The van der Waals surface area contributed by atoms with Crippen molar-refractivity contribution >= 4 is 27.8 Å². The van der Waals surface area contributed by atoms with Gasteiger partial charge in [0.1, 0.15) is 11.3 Å². The number of aromatic nitrogens is 4. The van der Waals surface area contributed by atoms with Crippen molar-refractivity contribution in [2.24, 2.45) is 5.73 Å². The number of primary amides is 1. The van der Waals surface area contributed by atoms with Gasteiger partial charge in [0.15, 0.2) is 17.2 Å². The van der Waals surface area contributed by atoms with Gasteiger partial charge >= 0.3 is 5.69 Å². The summed E-state index contributed by atoms with van der Waals surface area (Å²) in [6, 6.07) is 21.0. The van der Waals surface area contributed by atoms with E-state index in [1.807, 2.05) is 66.7 Å². The second-order valence-corrected chi connectivity index (χ2v) is 7.35.